The Morgan fingerprint density at radius 1 is 1.16 bits per heavy atom. The van der Waals surface area contributed by atoms with Crippen LogP contribution in [0.25, 0.3) is 11.3 Å². The van der Waals surface area contributed by atoms with Gasteiger partial charge in [0, 0.05) is 24.0 Å². The van der Waals surface area contributed by atoms with Gasteiger partial charge in [-0.15, -0.1) is 5.10 Å². The second kappa shape index (κ2) is 10.3. The van der Waals surface area contributed by atoms with Gasteiger partial charge in [0.25, 0.3) is 0 Å². The van der Waals surface area contributed by atoms with Gasteiger partial charge in [0.05, 0.1) is 31.4 Å². The number of carbonyl (C=O) groups excluding carboxylic acids is 1. The zero-order valence-corrected chi connectivity index (χ0v) is 17.3. The molecule has 0 spiro atoms. The molecule has 1 aliphatic heterocycles. The van der Waals surface area contributed by atoms with Crippen LogP contribution in [0.4, 0.5) is 0 Å². The molecule has 2 N–H and O–H groups in total. The molecule has 1 fully saturated rings. The third-order valence-electron chi connectivity index (χ3n) is 5.50. The van der Waals surface area contributed by atoms with E-state index < -0.39 is 6.10 Å². The number of aryl methyl sites for hydroxylation is 1. The maximum atomic E-state index is 12.3. The number of rotatable bonds is 8. The molecule has 1 aromatic carbocycles. The van der Waals surface area contributed by atoms with E-state index >= 15 is 0 Å². The molecule has 1 saturated heterocycles. The lowest BCUT2D eigenvalue weighted by molar-refractivity contribution is -0.128. The van der Waals surface area contributed by atoms with E-state index in [1.807, 2.05) is 59.4 Å². The van der Waals surface area contributed by atoms with Crippen molar-refractivity contribution in [1.29, 1.82) is 0 Å². The van der Waals surface area contributed by atoms with Gasteiger partial charge in [-0.25, -0.2) is 0 Å². The number of benzene rings is 1. The topological polar surface area (TPSA) is 102 Å². The predicted octanol–water partition coefficient (Wildman–Crippen LogP) is 2.00. The van der Waals surface area contributed by atoms with Crippen molar-refractivity contribution >= 4 is 5.91 Å². The Balaban J connectivity index is 1.26. The van der Waals surface area contributed by atoms with Crippen molar-refractivity contribution in [2.24, 2.45) is 0 Å². The molecule has 3 aromatic rings. The highest BCUT2D eigenvalue weighted by Crippen LogP contribution is 2.23. The van der Waals surface area contributed by atoms with Gasteiger partial charge in [0.1, 0.15) is 11.8 Å². The lowest BCUT2D eigenvalue weighted by Gasteiger charge is -2.36. The van der Waals surface area contributed by atoms with Crippen LogP contribution in [0.1, 0.15) is 25.0 Å². The summed E-state index contributed by atoms with van der Waals surface area (Å²) in [5.74, 6) is -0.111. The van der Waals surface area contributed by atoms with Crippen LogP contribution in [0.5, 0.6) is 0 Å². The highest BCUT2D eigenvalue weighted by molar-refractivity contribution is 5.78. The SMILES string of the molecule is O=C(Cc1ccccn1)N[C@H]1CC[C@@H](CCn2cc(-c3ccccc3)nn2)O[C@H]1CO. The predicted molar refractivity (Wildman–Crippen MR) is 115 cm³/mol. The summed E-state index contributed by atoms with van der Waals surface area (Å²) < 4.78 is 7.89. The maximum Gasteiger partial charge on any atom is 0.226 e. The molecule has 2 aromatic heterocycles. The van der Waals surface area contributed by atoms with E-state index in [0.717, 1.165) is 36.2 Å². The van der Waals surface area contributed by atoms with Crippen LogP contribution in [-0.4, -0.2) is 55.8 Å². The highest BCUT2D eigenvalue weighted by Gasteiger charge is 2.31. The van der Waals surface area contributed by atoms with Gasteiger partial charge in [0.2, 0.25) is 5.91 Å². The minimum absolute atomic E-state index is 0.00506. The average molecular weight is 422 g/mol. The number of aromatic nitrogens is 4. The molecule has 3 heterocycles. The number of carbonyl (C=O) groups is 1. The molecular weight excluding hydrogens is 394 g/mol. The number of aliphatic hydroxyl groups is 1. The number of nitrogens with zero attached hydrogens (tertiary/aromatic N) is 4. The molecule has 1 amide bonds. The van der Waals surface area contributed by atoms with Crippen LogP contribution in [0, 0.1) is 0 Å². The van der Waals surface area contributed by atoms with Gasteiger partial charge < -0.3 is 15.2 Å². The largest absolute Gasteiger partial charge is 0.394 e. The molecule has 0 saturated carbocycles. The summed E-state index contributed by atoms with van der Waals surface area (Å²) in [6.45, 7) is 0.547. The van der Waals surface area contributed by atoms with Gasteiger partial charge in [-0.1, -0.05) is 41.6 Å². The summed E-state index contributed by atoms with van der Waals surface area (Å²) in [5.41, 5.74) is 2.60. The second-order valence-corrected chi connectivity index (χ2v) is 7.75. The number of hydrogen-bond acceptors (Lipinski definition) is 6. The summed E-state index contributed by atoms with van der Waals surface area (Å²) in [4.78, 5) is 16.5. The Bertz CT molecular complexity index is 964. The first-order valence-electron chi connectivity index (χ1n) is 10.6. The molecule has 8 heteroatoms. The van der Waals surface area contributed by atoms with E-state index in [1.54, 1.807) is 6.20 Å². The smallest absolute Gasteiger partial charge is 0.226 e. The van der Waals surface area contributed by atoms with E-state index in [9.17, 15) is 9.90 Å². The number of hydrogen-bond donors (Lipinski definition) is 2. The summed E-state index contributed by atoms with van der Waals surface area (Å²) in [5, 5.41) is 21.2. The van der Waals surface area contributed by atoms with E-state index in [1.165, 1.54) is 0 Å². The van der Waals surface area contributed by atoms with Crippen LogP contribution in [-0.2, 0) is 22.5 Å². The average Bonchev–Trinajstić information content (AvgIpc) is 3.29. The number of aliphatic hydroxyl groups excluding tert-OH is 1. The van der Waals surface area contributed by atoms with Crippen molar-refractivity contribution in [2.75, 3.05) is 6.61 Å². The molecule has 0 radical (unpaired) electrons. The van der Waals surface area contributed by atoms with Crippen LogP contribution >= 0.6 is 0 Å². The first-order valence-corrected chi connectivity index (χ1v) is 10.6. The zero-order chi connectivity index (χ0) is 21.5. The Morgan fingerprint density at radius 3 is 2.77 bits per heavy atom. The minimum atomic E-state index is -0.415. The standard InChI is InChI=1S/C23H27N5O3/c29-16-22-20(25-23(30)14-18-8-4-5-12-24-18)10-9-19(31-22)11-13-28-15-21(26-27-28)17-6-2-1-3-7-17/h1-8,12,15,19-20,22,29H,9-11,13-14,16H2,(H,25,30)/t19-,20-,22-/m0/s1. The van der Waals surface area contributed by atoms with Gasteiger partial charge in [-0.2, -0.15) is 0 Å². The monoisotopic (exact) mass is 421 g/mol. The van der Waals surface area contributed by atoms with Crippen LogP contribution in [0.15, 0.2) is 60.9 Å². The van der Waals surface area contributed by atoms with Crippen LogP contribution in [0.2, 0.25) is 0 Å². The molecule has 1 aliphatic rings. The van der Waals surface area contributed by atoms with E-state index in [-0.39, 0.29) is 31.1 Å². The van der Waals surface area contributed by atoms with Crippen molar-refractivity contribution in [3.05, 3.63) is 66.6 Å². The zero-order valence-electron chi connectivity index (χ0n) is 17.3. The highest BCUT2D eigenvalue weighted by atomic mass is 16.5. The van der Waals surface area contributed by atoms with Gasteiger partial charge in [-0.05, 0) is 31.4 Å². The fourth-order valence-electron chi connectivity index (χ4n) is 3.86. The lowest BCUT2D eigenvalue weighted by Crippen LogP contribution is -2.51. The summed E-state index contributed by atoms with van der Waals surface area (Å²) in [6, 6.07) is 15.2. The molecule has 0 unspecified atom stereocenters. The third-order valence-corrected chi connectivity index (χ3v) is 5.50. The molecule has 0 bridgehead atoms. The fraction of sp³-hybridized carbons (Fsp3) is 0.391. The summed E-state index contributed by atoms with van der Waals surface area (Å²) in [7, 11) is 0. The lowest BCUT2D eigenvalue weighted by atomic mass is 9.97. The Morgan fingerprint density at radius 2 is 2.00 bits per heavy atom. The normalized spacial score (nSPS) is 21.0. The van der Waals surface area contributed by atoms with Crippen molar-refractivity contribution in [2.45, 2.75) is 50.5 Å². The van der Waals surface area contributed by atoms with E-state index in [2.05, 4.69) is 20.6 Å². The first-order chi connectivity index (χ1) is 15.2. The summed E-state index contributed by atoms with van der Waals surface area (Å²) in [6.07, 6.45) is 5.75. The molecule has 3 atom stereocenters. The number of nitrogens with one attached hydrogen (secondary N) is 1. The fourth-order valence-corrected chi connectivity index (χ4v) is 3.86. The van der Waals surface area contributed by atoms with E-state index in [4.69, 9.17) is 4.74 Å². The summed E-state index contributed by atoms with van der Waals surface area (Å²) >= 11 is 0. The minimum Gasteiger partial charge on any atom is -0.394 e. The van der Waals surface area contributed by atoms with Gasteiger partial charge in [-0.3, -0.25) is 14.5 Å². The molecule has 4 rings (SSSR count). The van der Waals surface area contributed by atoms with Crippen LogP contribution in [0.3, 0.4) is 0 Å². The van der Waals surface area contributed by atoms with Crippen molar-refractivity contribution < 1.29 is 14.6 Å². The quantitative estimate of drug-likeness (QED) is 0.577. The number of pyridine rings is 1. The Kier molecular flexibility index (Phi) is 7.01. The molecule has 8 nitrogen and oxygen atoms in total. The first kappa shape index (κ1) is 21.1. The number of amides is 1. The second-order valence-electron chi connectivity index (χ2n) is 7.75. The van der Waals surface area contributed by atoms with Gasteiger partial charge >= 0.3 is 0 Å². The molecule has 0 aliphatic carbocycles. The molecule has 162 valence electrons. The third kappa shape index (κ3) is 5.74. The van der Waals surface area contributed by atoms with Gasteiger partial charge in [0.15, 0.2) is 0 Å². The number of ether oxygens (including phenoxy) is 1. The Labute approximate surface area is 181 Å². The van der Waals surface area contributed by atoms with Crippen molar-refractivity contribution in [3.8, 4) is 11.3 Å². The van der Waals surface area contributed by atoms with E-state index in [0.29, 0.717) is 6.54 Å². The Hall–Kier alpha value is -3.10. The van der Waals surface area contributed by atoms with Crippen molar-refractivity contribution in [3.63, 3.8) is 0 Å². The van der Waals surface area contributed by atoms with Crippen LogP contribution < -0.4 is 5.32 Å². The molecular formula is C23H27N5O3. The van der Waals surface area contributed by atoms with Crippen molar-refractivity contribution in [1.82, 2.24) is 25.3 Å². The maximum absolute atomic E-state index is 12.3. The molecule has 31 heavy (non-hydrogen) atoms.